The standard InChI is InChI=1S/C16H26N2O3/c1-11-13(8-10-21-11)18-9-7-14(19)17-15(16(18)20)12-5-3-2-4-6-12/h11-13,15H,2-10H2,1H3,(H,17,19). The van der Waals surface area contributed by atoms with E-state index in [-0.39, 0.29) is 30.0 Å². The first-order valence-corrected chi connectivity index (χ1v) is 8.38. The van der Waals surface area contributed by atoms with Crippen molar-refractivity contribution in [3.8, 4) is 0 Å². The van der Waals surface area contributed by atoms with E-state index in [2.05, 4.69) is 5.32 Å². The van der Waals surface area contributed by atoms with Crippen LogP contribution in [-0.4, -0.2) is 48.1 Å². The molecule has 3 rings (SSSR count). The van der Waals surface area contributed by atoms with E-state index in [1.54, 1.807) is 0 Å². The van der Waals surface area contributed by atoms with E-state index < -0.39 is 0 Å². The van der Waals surface area contributed by atoms with Crippen molar-refractivity contribution in [2.75, 3.05) is 13.2 Å². The van der Waals surface area contributed by atoms with Gasteiger partial charge in [-0.05, 0) is 32.1 Å². The average molecular weight is 294 g/mol. The van der Waals surface area contributed by atoms with Gasteiger partial charge in [-0.1, -0.05) is 19.3 Å². The second kappa shape index (κ2) is 6.34. The average Bonchev–Trinajstić information content (AvgIpc) is 2.85. The molecule has 0 aromatic heterocycles. The van der Waals surface area contributed by atoms with Gasteiger partial charge in [0.1, 0.15) is 6.04 Å². The van der Waals surface area contributed by atoms with Crippen LogP contribution in [0.5, 0.6) is 0 Å². The number of ether oxygens (including phenoxy) is 1. The Morgan fingerprint density at radius 2 is 1.90 bits per heavy atom. The van der Waals surface area contributed by atoms with Crippen LogP contribution in [-0.2, 0) is 14.3 Å². The third-order valence-corrected chi connectivity index (χ3v) is 5.30. The highest BCUT2D eigenvalue weighted by Gasteiger charge is 2.41. The molecule has 1 aliphatic carbocycles. The van der Waals surface area contributed by atoms with Crippen molar-refractivity contribution < 1.29 is 14.3 Å². The molecule has 2 aliphatic heterocycles. The number of carbonyl (C=O) groups excluding carboxylic acids is 2. The second-order valence-corrected chi connectivity index (χ2v) is 6.66. The lowest BCUT2D eigenvalue weighted by Gasteiger charge is -2.35. The topological polar surface area (TPSA) is 58.6 Å². The number of nitrogens with zero attached hydrogens (tertiary/aromatic N) is 1. The molecule has 1 saturated carbocycles. The Kier molecular flexibility index (Phi) is 4.48. The van der Waals surface area contributed by atoms with Crippen molar-refractivity contribution in [2.45, 2.75) is 70.1 Å². The molecule has 0 spiro atoms. The predicted octanol–water partition coefficient (Wildman–Crippen LogP) is 1.46. The molecule has 3 unspecified atom stereocenters. The largest absolute Gasteiger partial charge is 0.376 e. The van der Waals surface area contributed by atoms with Crippen LogP contribution in [0.1, 0.15) is 51.9 Å². The number of amides is 2. The molecular weight excluding hydrogens is 268 g/mol. The van der Waals surface area contributed by atoms with Gasteiger partial charge in [0.2, 0.25) is 11.8 Å². The lowest BCUT2D eigenvalue weighted by Crippen LogP contribution is -2.53. The van der Waals surface area contributed by atoms with Crippen LogP contribution in [0.3, 0.4) is 0 Å². The van der Waals surface area contributed by atoms with E-state index in [0.29, 0.717) is 25.5 Å². The predicted molar refractivity (Wildman–Crippen MR) is 78.7 cm³/mol. The highest BCUT2D eigenvalue weighted by atomic mass is 16.5. The minimum atomic E-state index is -0.312. The van der Waals surface area contributed by atoms with Gasteiger partial charge in [0.25, 0.3) is 0 Å². The SMILES string of the molecule is CC1OCCC1N1CCC(=O)NC(C2CCCCC2)C1=O. The van der Waals surface area contributed by atoms with Crippen molar-refractivity contribution in [1.82, 2.24) is 10.2 Å². The molecule has 3 aliphatic rings. The zero-order valence-corrected chi connectivity index (χ0v) is 12.8. The second-order valence-electron chi connectivity index (χ2n) is 6.66. The molecular formula is C16H26N2O3. The number of hydrogen-bond acceptors (Lipinski definition) is 3. The lowest BCUT2D eigenvalue weighted by atomic mass is 9.83. The van der Waals surface area contributed by atoms with E-state index in [9.17, 15) is 9.59 Å². The normalized spacial score (nSPS) is 35.7. The fourth-order valence-corrected chi connectivity index (χ4v) is 4.06. The third-order valence-electron chi connectivity index (χ3n) is 5.30. The first kappa shape index (κ1) is 14.8. The maximum atomic E-state index is 13.0. The van der Waals surface area contributed by atoms with E-state index >= 15 is 0 Å². The highest BCUT2D eigenvalue weighted by Crippen LogP contribution is 2.30. The van der Waals surface area contributed by atoms with Gasteiger partial charge >= 0.3 is 0 Å². The molecule has 2 heterocycles. The smallest absolute Gasteiger partial charge is 0.245 e. The number of rotatable bonds is 2. The van der Waals surface area contributed by atoms with Gasteiger partial charge < -0.3 is 15.0 Å². The van der Waals surface area contributed by atoms with E-state index in [1.165, 1.54) is 19.3 Å². The molecule has 3 atom stereocenters. The van der Waals surface area contributed by atoms with E-state index in [4.69, 9.17) is 4.74 Å². The lowest BCUT2D eigenvalue weighted by molar-refractivity contribution is -0.138. The summed E-state index contributed by atoms with van der Waals surface area (Å²) in [6, 6.07) is -0.176. The Labute approximate surface area is 126 Å². The van der Waals surface area contributed by atoms with Gasteiger partial charge in [-0.3, -0.25) is 9.59 Å². The van der Waals surface area contributed by atoms with Crippen LogP contribution in [0.2, 0.25) is 0 Å². The summed E-state index contributed by atoms with van der Waals surface area (Å²) in [4.78, 5) is 26.9. The molecule has 21 heavy (non-hydrogen) atoms. The third kappa shape index (κ3) is 3.07. The summed E-state index contributed by atoms with van der Waals surface area (Å²) in [6.07, 6.45) is 7.09. The van der Waals surface area contributed by atoms with Gasteiger partial charge in [-0.15, -0.1) is 0 Å². The van der Waals surface area contributed by atoms with Gasteiger partial charge in [0, 0.05) is 19.6 Å². The molecule has 0 aromatic rings. The van der Waals surface area contributed by atoms with Crippen molar-refractivity contribution in [1.29, 1.82) is 0 Å². The summed E-state index contributed by atoms with van der Waals surface area (Å²) in [7, 11) is 0. The fraction of sp³-hybridized carbons (Fsp3) is 0.875. The van der Waals surface area contributed by atoms with E-state index in [0.717, 1.165) is 19.3 Å². The van der Waals surface area contributed by atoms with E-state index in [1.807, 2.05) is 11.8 Å². The van der Waals surface area contributed by atoms with Crippen LogP contribution in [0, 0.1) is 5.92 Å². The molecule has 2 saturated heterocycles. The Balaban J connectivity index is 1.78. The van der Waals surface area contributed by atoms with Crippen molar-refractivity contribution in [2.24, 2.45) is 5.92 Å². The molecule has 0 aromatic carbocycles. The first-order valence-electron chi connectivity index (χ1n) is 8.38. The molecule has 3 fully saturated rings. The van der Waals surface area contributed by atoms with Crippen LogP contribution in [0.15, 0.2) is 0 Å². The fourth-order valence-electron chi connectivity index (χ4n) is 4.06. The minimum Gasteiger partial charge on any atom is -0.376 e. The maximum absolute atomic E-state index is 13.0. The van der Waals surface area contributed by atoms with Crippen molar-refractivity contribution >= 4 is 11.8 Å². The quantitative estimate of drug-likeness (QED) is 0.839. The summed E-state index contributed by atoms with van der Waals surface area (Å²) in [5, 5.41) is 3.00. The first-order chi connectivity index (χ1) is 10.2. The molecule has 1 N–H and O–H groups in total. The van der Waals surface area contributed by atoms with Gasteiger partial charge in [-0.25, -0.2) is 0 Å². The van der Waals surface area contributed by atoms with Crippen LogP contribution in [0.4, 0.5) is 0 Å². The van der Waals surface area contributed by atoms with Gasteiger partial charge in [-0.2, -0.15) is 0 Å². The number of hydrogen-bond donors (Lipinski definition) is 1. The number of nitrogens with one attached hydrogen (secondary N) is 1. The summed E-state index contributed by atoms with van der Waals surface area (Å²) >= 11 is 0. The van der Waals surface area contributed by atoms with Crippen LogP contribution in [0.25, 0.3) is 0 Å². The molecule has 0 radical (unpaired) electrons. The summed E-state index contributed by atoms with van der Waals surface area (Å²) in [5.74, 6) is 0.455. The Bertz CT molecular complexity index is 406. The zero-order chi connectivity index (χ0) is 14.8. The summed E-state index contributed by atoms with van der Waals surface area (Å²) in [5.41, 5.74) is 0. The summed E-state index contributed by atoms with van der Waals surface area (Å²) < 4.78 is 5.62. The van der Waals surface area contributed by atoms with Crippen LogP contribution >= 0.6 is 0 Å². The Morgan fingerprint density at radius 3 is 2.57 bits per heavy atom. The molecule has 2 amide bonds. The molecule has 5 heteroatoms. The monoisotopic (exact) mass is 294 g/mol. The zero-order valence-electron chi connectivity index (χ0n) is 12.8. The van der Waals surface area contributed by atoms with Gasteiger partial charge in [0.15, 0.2) is 0 Å². The Hall–Kier alpha value is -1.10. The van der Waals surface area contributed by atoms with Crippen molar-refractivity contribution in [3.63, 3.8) is 0 Å². The van der Waals surface area contributed by atoms with Crippen molar-refractivity contribution in [3.05, 3.63) is 0 Å². The molecule has 0 bridgehead atoms. The van der Waals surface area contributed by atoms with Crippen LogP contribution < -0.4 is 5.32 Å². The Morgan fingerprint density at radius 1 is 1.14 bits per heavy atom. The number of carbonyl (C=O) groups is 2. The molecule has 5 nitrogen and oxygen atoms in total. The maximum Gasteiger partial charge on any atom is 0.245 e. The van der Waals surface area contributed by atoms with Gasteiger partial charge in [0.05, 0.1) is 12.1 Å². The molecule has 118 valence electrons. The minimum absolute atomic E-state index is 0.0213. The highest BCUT2D eigenvalue weighted by molar-refractivity contribution is 5.90. The summed E-state index contributed by atoms with van der Waals surface area (Å²) in [6.45, 7) is 3.28.